The van der Waals surface area contributed by atoms with Crippen molar-refractivity contribution in [2.45, 2.75) is 24.9 Å². The van der Waals surface area contributed by atoms with Crippen LogP contribution < -0.4 is 10.6 Å². The molecule has 2 aromatic rings. The van der Waals surface area contributed by atoms with Crippen LogP contribution in [0.15, 0.2) is 71.8 Å². The number of hydrogen-bond acceptors (Lipinski definition) is 2. The van der Waals surface area contributed by atoms with E-state index in [2.05, 4.69) is 10.6 Å². The Hall–Kier alpha value is -2.59. The summed E-state index contributed by atoms with van der Waals surface area (Å²) in [4.78, 5) is 24.4. The summed E-state index contributed by atoms with van der Waals surface area (Å²) < 4.78 is 0. The molecule has 0 radical (unpaired) electrons. The number of benzene rings is 2. The Balaban J connectivity index is 1.60. The molecule has 0 spiro atoms. The van der Waals surface area contributed by atoms with Gasteiger partial charge >= 0.3 is 0 Å². The first-order valence-electron chi connectivity index (χ1n) is 8.22. The average Bonchev–Trinajstić information content (AvgIpc) is 2.65. The van der Waals surface area contributed by atoms with E-state index in [-0.39, 0.29) is 23.9 Å². The summed E-state index contributed by atoms with van der Waals surface area (Å²) in [7, 11) is 0. The molecule has 2 N–H and O–H groups in total. The lowest BCUT2D eigenvalue weighted by atomic mass is 9.97. The molecule has 25 heavy (non-hydrogen) atoms. The minimum absolute atomic E-state index is 0.127. The van der Waals surface area contributed by atoms with Crippen molar-refractivity contribution in [3.63, 3.8) is 0 Å². The van der Waals surface area contributed by atoms with Gasteiger partial charge in [-0.2, -0.15) is 0 Å². The minimum Gasteiger partial charge on any atom is -0.346 e. The van der Waals surface area contributed by atoms with Gasteiger partial charge in [-0.1, -0.05) is 48.0 Å². The van der Waals surface area contributed by atoms with Crippen LogP contribution in [0.5, 0.6) is 0 Å². The van der Waals surface area contributed by atoms with E-state index in [9.17, 15) is 9.59 Å². The molecule has 0 aliphatic heterocycles. The highest BCUT2D eigenvalue weighted by molar-refractivity contribution is 6.30. The molecular weight excluding hydrogens is 336 g/mol. The second-order valence-corrected chi connectivity index (χ2v) is 6.40. The highest BCUT2D eigenvalue weighted by atomic mass is 35.5. The number of carbonyl (C=O) groups excluding carboxylic acids is 2. The smallest absolute Gasteiger partial charge is 0.251 e. The fraction of sp³-hybridized carbons (Fsp3) is 0.200. The quantitative estimate of drug-likeness (QED) is 0.882. The highest BCUT2D eigenvalue weighted by Crippen LogP contribution is 2.22. The van der Waals surface area contributed by atoms with Gasteiger partial charge in [0.1, 0.15) is 0 Å². The number of rotatable bonds is 4. The van der Waals surface area contributed by atoms with Crippen LogP contribution >= 0.6 is 11.6 Å². The maximum absolute atomic E-state index is 12.2. The molecule has 0 heterocycles. The van der Waals surface area contributed by atoms with Gasteiger partial charge < -0.3 is 10.6 Å². The second kappa shape index (κ2) is 7.99. The first kappa shape index (κ1) is 17.2. The lowest BCUT2D eigenvalue weighted by Crippen LogP contribution is -2.42. The van der Waals surface area contributed by atoms with Crippen LogP contribution in [-0.4, -0.2) is 23.9 Å². The molecule has 4 nitrogen and oxygen atoms in total. The summed E-state index contributed by atoms with van der Waals surface area (Å²) in [5.41, 5.74) is 1.22. The third-order valence-corrected chi connectivity index (χ3v) is 4.54. The van der Waals surface area contributed by atoms with E-state index in [1.165, 1.54) is 0 Å². The fourth-order valence-electron chi connectivity index (χ4n) is 2.80. The number of nitrogens with one attached hydrogen (secondary N) is 2. The van der Waals surface area contributed by atoms with Crippen molar-refractivity contribution >= 4 is 23.4 Å². The molecule has 2 atom stereocenters. The van der Waals surface area contributed by atoms with Crippen molar-refractivity contribution in [2.24, 2.45) is 0 Å². The van der Waals surface area contributed by atoms with E-state index in [0.29, 0.717) is 29.0 Å². The molecule has 3 rings (SSSR count). The van der Waals surface area contributed by atoms with E-state index in [1.807, 2.05) is 42.5 Å². The SMILES string of the molecule is O=C(N[C@@H]1C=C(Cl)[C@H](NC(=O)c2ccccc2)CC1)c1ccccc1. The second-order valence-electron chi connectivity index (χ2n) is 5.97. The fourth-order valence-corrected chi connectivity index (χ4v) is 3.12. The van der Waals surface area contributed by atoms with Crippen LogP contribution in [-0.2, 0) is 0 Å². The van der Waals surface area contributed by atoms with Crippen molar-refractivity contribution < 1.29 is 9.59 Å². The summed E-state index contributed by atoms with van der Waals surface area (Å²) >= 11 is 6.33. The third-order valence-electron chi connectivity index (χ3n) is 4.15. The van der Waals surface area contributed by atoms with E-state index in [0.717, 1.165) is 0 Å². The Morgan fingerprint density at radius 1 is 0.800 bits per heavy atom. The standard InChI is InChI=1S/C20H19ClN2O2/c21-17-13-16(22-19(24)14-7-3-1-4-8-14)11-12-18(17)23-20(25)15-9-5-2-6-10-15/h1-10,13,16,18H,11-12H2,(H,22,24)(H,23,25)/t16-,18+/m0/s1. The van der Waals surface area contributed by atoms with Crippen LogP contribution in [0.4, 0.5) is 0 Å². The monoisotopic (exact) mass is 354 g/mol. The van der Waals surface area contributed by atoms with Gasteiger partial charge in [0.25, 0.3) is 11.8 Å². The van der Waals surface area contributed by atoms with Crippen LogP contribution in [0, 0.1) is 0 Å². The largest absolute Gasteiger partial charge is 0.346 e. The third kappa shape index (κ3) is 4.48. The Morgan fingerprint density at radius 3 is 1.84 bits per heavy atom. The van der Waals surface area contributed by atoms with E-state index in [1.54, 1.807) is 24.3 Å². The first-order valence-corrected chi connectivity index (χ1v) is 8.60. The predicted molar refractivity (Wildman–Crippen MR) is 98.6 cm³/mol. The highest BCUT2D eigenvalue weighted by Gasteiger charge is 2.24. The van der Waals surface area contributed by atoms with Gasteiger partial charge in [0.05, 0.1) is 6.04 Å². The minimum atomic E-state index is -0.223. The molecule has 128 valence electrons. The summed E-state index contributed by atoms with van der Waals surface area (Å²) in [6, 6.07) is 17.7. The molecule has 0 saturated carbocycles. The normalized spacial score (nSPS) is 19.6. The number of carbonyl (C=O) groups is 2. The Kier molecular flexibility index (Phi) is 5.51. The molecule has 1 aliphatic rings. The molecule has 0 bridgehead atoms. The molecular formula is C20H19ClN2O2. The predicted octanol–water partition coefficient (Wildman–Crippen LogP) is 3.50. The Bertz CT molecular complexity index is 775. The van der Waals surface area contributed by atoms with Crippen LogP contribution in [0.3, 0.4) is 0 Å². The summed E-state index contributed by atoms with van der Waals surface area (Å²) in [5.74, 6) is -0.276. The zero-order valence-electron chi connectivity index (χ0n) is 13.6. The zero-order chi connectivity index (χ0) is 17.6. The van der Waals surface area contributed by atoms with E-state index >= 15 is 0 Å². The molecule has 1 aliphatic carbocycles. The van der Waals surface area contributed by atoms with E-state index in [4.69, 9.17) is 11.6 Å². The van der Waals surface area contributed by atoms with Crippen molar-refractivity contribution in [3.8, 4) is 0 Å². The topological polar surface area (TPSA) is 58.2 Å². The molecule has 5 heteroatoms. The Morgan fingerprint density at radius 2 is 1.32 bits per heavy atom. The van der Waals surface area contributed by atoms with Gasteiger partial charge in [0.15, 0.2) is 0 Å². The molecule has 0 fully saturated rings. The van der Waals surface area contributed by atoms with E-state index < -0.39 is 0 Å². The van der Waals surface area contributed by atoms with Gasteiger partial charge in [-0.3, -0.25) is 9.59 Å². The molecule has 0 unspecified atom stereocenters. The molecule has 2 amide bonds. The summed E-state index contributed by atoms with van der Waals surface area (Å²) in [6.45, 7) is 0. The van der Waals surface area contributed by atoms with Crippen LogP contribution in [0.25, 0.3) is 0 Å². The van der Waals surface area contributed by atoms with Gasteiger partial charge in [-0.05, 0) is 43.2 Å². The van der Waals surface area contributed by atoms with Crippen molar-refractivity contribution in [1.82, 2.24) is 10.6 Å². The van der Waals surface area contributed by atoms with Crippen molar-refractivity contribution in [2.75, 3.05) is 0 Å². The van der Waals surface area contributed by atoms with Crippen LogP contribution in [0.1, 0.15) is 33.6 Å². The van der Waals surface area contributed by atoms with Crippen LogP contribution in [0.2, 0.25) is 0 Å². The average molecular weight is 355 g/mol. The molecule has 0 saturated heterocycles. The summed E-state index contributed by atoms with van der Waals surface area (Å²) in [5, 5.41) is 6.45. The lowest BCUT2D eigenvalue weighted by molar-refractivity contribution is 0.0921. The lowest BCUT2D eigenvalue weighted by Gasteiger charge is -2.27. The molecule has 0 aromatic heterocycles. The Labute approximate surface area is 151 Å². The maximum Gasteiger partial charge on any atom is 0.251 e. The number of amides is 2. The first-order chi connectivity index (χ1) is 12.1. The van der Waals surface area contributed by atoms with Crippen molar-refractivity contribution in [1.29, 1.82) is 0 Å². The maximum atomic E-state index is 12.2. The van der Waals surface area contributed by atoms with Crippen molar-refractivity contribution in [3.05, 3.63) is 82.9 Å². The van der Waals surface area contributed by atoms with Gasteiger partial charge in [0.2, 0.25) is 0 Å². The number of hydrogen-bond donors (Lipinski definition) is 2. The van der Waals surface area contributed by atoms with Gasteiger partial charge in [0, 0.05) is 22.2 Å². The zero-order valence-corrected chi connectivity index (χ0v) is 14.4. The van der Waals surface area contributed by atoms with Gasteiger partial charge in [-0.15, -0.1) is 0 Å². The number of halogens is 1. The molecule has 2 aromatic carbocycles. The summed E-state index contributed by atoms with van der Waals surface area (Å²) in [6.07, 6.45) is 3.20. The van der Waals surface area contributed by atoms with Gasteiger partial charge in [-0.25, -0.2) is 0 Å².